The number of halogens is 1. The van der Waals surface area contributed by atoms with Crippen molar-refractivity contribution in [1.29, 1.82) is 0 Å². The summed E-state index contributed by atoms with van der Waals surface area (Å²) in [6, 6.07) is 0. The molecule has 0 fully saturated rings. The second kappa shape index (κ2) is 2.79. The number of hydrogen-bond acceptors (Lipinski definition) is 4. The molecule has 0 spiro atoms. The maximum Gasteiger partial charge on any atom is 0.194 e. The Bertz CT molecular complexity index is 237. The molecular weight excluding hydrogens is 152 g/mol. The fraction of sp³-hybridized carbons (Fsp3) is 0.400. The van der Waals surface area contributed by atoms with Gasteiger partial charge in [0, 0.05) is 7.05 Å². The van der Waals surface area contributed by atoms with E-state index in [-0.39, 0.29) is 0 Å². The molecule has 1 aromatic rings. The van der Waals surface area contributed by atoms with Crippen LogP contribution in [-0.4, -0.2) is 22.2 Å². The molecule has 54 valence electrons. The van der Waals surface area contributed by atoms with Gasteiger partial charge in [0.25, 0.3) is 0 Å². The van der Waals surface area contributed by atoms with Gasteiger partial charge < -0.3 is 5.32 Å². The molecule has 0 atom stereocenters. The predicted molar refractivity (Wildman–Crippen MR) is 39.1 cm³/mol. The molecule has 0 saturated heterocycles. The van der Waals surface area contributed by atoms with E-state index in [9.17, 15) is 0 Å². The van der Waals surface area contributed by atoms with Crippen molar-refractivity contribution < 1.29 is 0 Å². The highest BCUT2D eigenvalue weighted by atomic mass is 35.5. The van der Waals surface area contributed by atoms with Crippen molar-refractivity contribution in [3.05, 3.63) is 11.0 Å². The zero-order valence-electron chi connectivity index (χ0n) is 5.72. The molecule has 0 amide bonds. The number of anilines is 1. The van der Waals surface area contributed by atoms with Gasteiger partial charge in [-0.1, -0.05) is 11.6 Å². The van der Waals surface area contributed by atoms with E-state index in [0.717, 1.165) is 0 Å². The third kappa shape index (κ3) is 1.33. The Kier molecular flexibility index (Phi) is 2.01. The highest BCUT2D eigenvalue weighted by molar-refractivity contribution is 6.31. The number of rotatable bonds is 1. The number of nitrogens with zero attached hydrogens (tertiary/aromatic N) is 3. The van der Waals surface area contributed by atoms with Crippen LogP contribution in [0.25, 0.3) is 0 Å². The molecule has 1 heterocycles. The fourth-order valence-electron chi connectivity index (χ4n) is 0.553. The first-order chi connectivity index (χ1) is 4.74. The number of nitrogens with one attached hydrogen (secondary N) is 1. The van der Waals surface area contributed by atoms with Crippen LogP contribution in [0.4, 0.5) is 5.82 Å². The maximum absolute atomic E-state index is 5.60. The summed E-state index contributed by atoms with van der Waals surface area (Å²) in [6.45, 7) is 1.75. The summed E-state index contributed by atoms with van der Waals surface area (Å²) < 4.78 is 0. The first-order valence-electron chi connectivity index (χ1n) is 2.78. The minimum Gasteiger partial charge on any atom is -0.370 e. The van der Waals surface area contributed by atoms with E-state index in [1.165, 1.54) is 0 Å². The molecule has 10 heavy (non-hydrogen) atoms. The largest absolute Gasteiger partial charge is 0.370 e. The molecule has 5 heteroatoms. The van der Waals surface area contributed by atoms with Crippen LogP contribution in [0.3, 0.4) is 0 Å². The molecule has 0 aliphatic heterocycles. The maximum atomic E-state index is 5.60. The van der Waals surface area contributed by atoms with Crippen LogP contribution < -0.4 is 5.32 Å². The van der Waals surface area contributed by atoms with E-state index in [1.54, 1.807) is 14.0 Å². The summed E-state index contributed by atoms with van der Waals surface area (Å²) in [5.74, 6) is 1.17. The van der Waals surface area contributed by atoms with E-state index in [4.69, 9.17) is 11.6 Å². The zero-order valence-corrected chi connectivity index (χ0v) is 6.48. The number of aryl methyl sites for hydroxylation is 1. The summed E-state index contributed by atoms with van der Waals surface area (Å²) >= 11 is 5.60. The van der Waals surface area contributed by atoms with E-state index >= 15 is 0 Å². The van der Waals surface area contributed by atoms with E-state index in [2.05, 4.69) is 20.5 Å². The smallest absolute Gasteiger partial charge is 0.194 e. The van der Waals surface area contributed by atoms with Gasteiger partial charge in [-0.2, -0.15) is 0 Å². The summed E-state index contributed by atoms with van der Waals surface area (Å²) in [5, 5.41) is 10.4. The molecule has 4 nitrogen and oxygen atoms in total. The quantitative estimate of drug-likeness (QED) is 0.659. The van der Waals surface area contributed by atoms with Crippen LogP contribution in [0.2, 0.25) is 5.15 Å². The summed E-state index contributed by atoms with van der Waals surface area (Å²) in [4.78, 5) is 3.97. The molecule has 0 saturated carbocycles. The lowest BCUT2D eigenvalue weighted by Crippen LogP contribution is -1.99. The molecule has 1 rings (SSSR count). The fourth-order valence-corrected chi connectivity index (χ4v) is 0.728. The van der Waals surface area contributed by atoms with Crippen molar-refractivity contribution in [3.8, 4) is 0 Å². The Hall–Kier alpha value is -0.900. The van der Waals surface area contributed by atoms with Crippen molar-refractivity contribution in [2.24, 2.45) is 0 Å². The SMILES string of the molecule is CNc1nc(C)nnc1Cl. The van der Waals surface area contributed by atoms with Gasteiger partial charge in [-0.25, -0.2) is 4.98 Å². The molecule has 0 aliphatic rings. The molecule has 0 bridgehead atoms. The Morgan fingerprint density at radius 3 is 2.60 bits per heavy atom. The van der Waals surface area contributed by atoms with E-state index in [0.29, 0.717) is 16.8 Å². The molecule has 1 N–H and O–H groups in total. The van der Waals surface area contributed by atoms with Gasteiger partial charge in [0.05, 0.1) is 0 Å². The minimum atomic E-state index is 0.299. The highest BCUT2D eigenvalue weighted by Crippen LogP contribution is 2.12. The lowest BCUT2D eigenvalue weighted by Gasteiger charge is -1.99. The monoisotopic (exact) mass is 158 g/mol. The Morgan fingerprint density at radius 1 is 1.40 bits per heavy atom. The molecule has 1 aromatic heterocycles. The third-order valence-electron chi connectivity index (χ3n) is 0.988. The standard InChI is InChI=1S/C5H7ClN4/c1-3-8-5(7-2)4(6)10-9-3/h1-2H3,(H,7,8,9). The van der Waals surface area contributed by atoms with Crippen LogP contribution in [0.15, 0.2) is 0 Å². The summed E-state index contributed by atoms with van der Waals surface area (Å²) in [6.07, 6.45) is 0. The minimum absolute atomic E-state index is 0.299. The van der Waals surface area contributed by atoms with Gasteiger partial charge in [-0.3, -0.25) is 0 Å². The van der Waals surface area contributed by atoms with E-state index < -0.39 is 0 Å². The second-order valence-electron chi connectivity index (χ2n) is 1.75. The van der Waals surface area contributed by atoms with Gasteiger partial charge in [-0.05, 0) is 6.92 Å². The number of hydrogen-bond donors (Lipinski definition) is 1. The third-order valence-corrected chi connectivity index (χ3v) is 1.24. The molecule has 0 aliphatic carbocycles. The Morgan fingerprint density at radius 2 is 2.10 bits per heavy atom. The average Bonchev–Trinajstić information content (AvgIpc) is 1.94. The average molecular weight is 159 g/mol. The molecule has 0 unspecified atom stereocenters. The zero-order chi connectivity index (χ0) is 7.56. The first-order valence-corrected chi connectivity index (χ1v) is 3.16. The van der Waals surface area contributed by atoms with Gasteiger partial charge in [-0.15, -0.1) is 10.2 Å². The van der Waals surface area contributed by atoms with Gasteiger partial charge in [0.1, 0.15) is 5.82 Å². The Balaban J connectivity index is 3.09. The molecule has 0 aromatic carbocycles. The van der Waals surface area contributed by atoms with Crippen molar-refractivity contribution in [1.82, 2.24) is 15.2 Å². The van der Waals surface area contributed by atoms with Gasteiger partial charge in [0.15, 0.2) is 11.0 Å². The van der Waals surface area contributed by atoms with Crippen LogP contribution in [0.1, 0.15) is 5.82 Å². The normalized spacial score (nSPS) is 9.50. The van der Waals surface area contributed by atoms with Crippen molar-refractivity contribution in [3.63, 3.8) is 0 Å². The Labute approximate surface area is 63.6 Å². The predicted octanol–water partition coefficient (Wildman–Crippen LogP) is 0.875. The summed E-state index contributed by atoms with van der Waals surface area (Å²) in [7, 11) is 1.73. The van der Waals surface area contributed by atoms with Crippen LogP contribution in [-0.2, 0) is 0 Å². The first kappa shape index (κ1) is 7.21. The second-order valence-corrected chi connectivity index (χ2v) is 2.11. The molecular formula is C5H7ClN4. The van der Waals surface area contributed by atoms with Crippen LogP contribution in [0.5, 0.6) is 0 Å². The van der Waals surface area contributed by atoms with Crippen LogP contribution >= 0.6 is 11.6 Å². The lowest BCUT2D eigenvalue weighted by atomic mass is 10.6. The lowest BCUT2D eigenvalue weighted by molar-refractivity contribution is 0.910. The van der Waals surface area contributed by atoms with E-state index in [1.807, 2.05) is 0 Å². The number of aromatic nitrogens is 3. The van der Waals surface area contributed by atoms with Crippen molar-refractivity contribution in [2.45, 2.75) is 6.92 Å². The van der Waals surface area contributed by atoms with Crippen molar-refractivity contribution >= 4 is 17.4 Å². The molecule has 0 radical (unpaired) electrons. The topological polar surface area (TPSA) is 50.7 Å². The van der Waals surface area contributed by atoms with Crippen molar-refractivity contribution in [2.75, 3.05) is 12.4 Å². The van der Waals surface area contributed by atoms with Gasteiger partial charge >= 0.3 is 0 Å². The van der Waals surface area contributed by atoms with Crippen LogP contribution in [0, 0.1) is 6.92 Å². The summed E-state index contributed by atoms with van der Waals surface area (Å²) in [5.41, 5.74) is 0. The highest BCUT2D eigenvalue weighted by Gasteiger charge is 2.00. The van der Waals surface area contributed by atoms with Gasteiger partial charge in [0.2, 0.25) is 0 Å².